The second-order valence-electron chi connectivity index (χ2n) is 10.4. The molecular weight excluding hydrogens is 513 g/mol. The van der Waals surface area contributed by atoms with Gasteiger partial charge in [0, 0.05) is 13.1 Å². The van der Waals surface area contributed by atoms with Gasteiger partial charge in [-0.3, -0.25) is 24.6 Å². The zero-order valence-corrected chi connectivity index (χ0v) is 23.5. The molecule has 0 spiro atoms. The molecular formula is C27H43Cl2N5O3. The number of likely N-dealkylation sites (N-methyl/N-ethyl adjacent to an activating group) is 1. The predicted octanol–water partition coefficient (Wildman–Crippen LogP) is 2.40. The molecule has 1 aromatic rings. The summed E-state index contributed by atoms with van der Waals surface area (Å²) in [5.41, 5.74) is 1.03. The van der Waals surface area contributed by atoms with E-state index >= 15 is 0 Å². The van der Waals surface area contributed by atoms with Crippen molar-refractivity contribution in [1.29, 1.82) is 0 Å². The molecule has 0 radical (unpaired) electrons. The van der Waals surface area contributed by atoms with E-state index in [9.17, 15) is 14.4 Å². The van der Waals surface area contributed by atoms with Gasteiger partial charge >= 0.3 is 0 Å². The van der Waals surface area contributed by atoms with Gasteiger partial charge in [0.15, 0.2) is 5.78 Å². The average Bonchev–Trinajstić information content (AvgIpc) is 3.37. The van der Waals surface area contributed by atoms with E-state index in [0.717, 1.165) is 50.6 Å². The summed E-state index contributed by atoms with van der Waals surface area (Å²) in [6, 6.07) is 8.25. The molecule has 3 fully saturated rings. The largest absolute Gasteiger partial charge is 0.352 e. The number of ketones is 1. The van der Waals surface area contributed by atoms with Crippen molar-refractivity contribution in [3.05, 3.63) is 35.9 Å². The Labute approximate surface area is 233 Å². The van der Waals surface area contributed by atoms with E-state index in [-0.39, 0.29) is 60.5 Å². The molecule has 2 amide bonds. The van der Waals surface area contributed by atoms with Crippen LogP contribution in [-0.4, -0.2) is 66.9 Å². The molecule has 37 heavy (non-hydrogen) atoms. The second-order valence-corrected chi connectivity index (χ2v) is 10.4. The Morgan fingerprint density at radius 3 is 2.41 bits per heavy atom. The number of hydrogen-bond donors (Lipinski definition) is 4. The Hall–Kier alpha value is -1.71. The molecule has 1 aromatic carbocycles. The van der Waals surface area contributed by atoms with Crippen LogP contribution in [0.3, 0.4) is 0 Å². The molecule has 1 unspecified atom stereocenters. The monoisotopic (exact) mass is 555 g/mol. The molecule has 8 nitrogen and oxygen atoms in total. The summed E-state index contributed by atoms with van der Waals surface area (Å²) in [5.74, 6) is -0.701. The van der Waals surface area contributed by atoms with Gasteiger partial charge in [0.25, 0.3) is 0 Å². The number of carbonyl (C=O) groups is 3. The zero-order valence-electron chi connectivity index (χ0n) is 21.9. The number of nitrogens with zero attached hydrogens (tertiary/aromatic N) is 1. The molecule has 0 bridgehead atoms. The minimum absolute atomic E-state index is 0. The standard InChI is InChI=1S/C27H41N5O3.2ClH/c1-18(28-2)26(34)31-23(20-12-7-4-8-13-20)25(33)24-21(17-32-15-9-14-22(32)30-24)27(35)29-16-19-10-5-3-6-11-19;;/h3,5-6,10-11,18,20-24,28,30H,4,7-9,12-17H2,1-2H3,(H,29,35)(H,31,34);2*1H/t18-,21+,22+,23-,24?;;/m0../s1. The molecule has 2 aliphatic heterocycles. The molecule has 1 aliphatic carbocycles. The number of hydrogen-bond acceptors (Lipinski definition) is 6. The molecule has 1 saturated carbocycles. The van der Waals surface area contributed by atoms with E-state index in [0.29, 0.717) is 13.1 Å². The smallest absolute Gasteiger partial charge is 0.237 e. The van der Waals surface area contributed by atoms with Crippen LogP contribution in [-0.2, 0) is 20.9 Å². The first-order valence-corrected chi connectivity index (χ1v) is 13.3. The lowest BCUT2D eigenvalue weighted by molar-refractivity contribution is -0.138. The van der Waals surface area contributed by atoms with Crippen LogP contribution in [0.2, 0.25) is 0 Å². The van der Waals surface area contributed by atoms with Crippen molar-refractivity contribution in [2.45, 2.75) is 82.7 Å². The lowest BCUT2D eigenvalue weighted by atomic mass is 9.78. The van der Waals surface area contributed by atoms with Gasteiger partial charge < -0.3 is 16.0 Å². The highest BCUT2D eigenvalue weighted by Gasteiger charge is 2.47. The number of halogens is 2. The first-order valence-electron chi connectivity index (χ1n) is 13.3. The van der Waals surface area contributed by atoms with E-state index in [4.69, 9.17) is 0 Å². The van der Waals surface area contributed by atoms with E-state index in [1.807, 2.05) is 30.3 Å². The number of fused-ring (bicyclic) bond motifs is 1. The summed E-state index contributed by atoms with van der Waals surface area (Å²) < 4.78 is 0. The van der Waals surface area contributed by atoms with E-state index in [2.05, 4.69) is 26.2 Å². The molecule has 0 aromatic heterocycles. The molecule has 4 rings (SSSR count). The molecule has 3 aliphatic rings. The van der Waals surface area contributed by atoms with E-state index in [1.54, 1.807) is 14.0 Å². The highest BCUT2D eigenvalue weighted by atomic mass is 35.5. The normalized spacial score (nSPS) is 25.5. The van der Waals surface area contributed by atoms with Crippen LogP contribution in [0.15, 0.2) is 30.3 Å². The fraction of sp³-hybridized carbons (Fsp3) is 0.667. The van der Waals surface area contributed by atoms with Gasteiger partial charge in [-0.05, 0) is 57.7 Å². The maximum atomic E-state index is 14.1. The second kappa shape index (κ2) is 15.0. The summed E-state index contributed by atoms with van der Waals surface area (Å²) in [5, 5.41) is 12.6. The first-order chi connectivity index (χ1) is 17.0. The van der Waals surface area contributed by atoms with Gasteiger partial charge in [-0.25, -0.2) is 0 Å². The summed E-state index contributed by atoms with van der Waals surface area (Å²) in [6.07, 6.45) is 7.31. The van der Waals surface area contributed by atoms with Crippen LogP contribution in [0, 0.1) is 11.8 Å². The number of Topliss-reactive ketones (excluding diaryl/α,β-unsaturated/α-hetero) is 1. The quantitative estimate of drug-likeness (QED) is 0.373. The van der Waals surface area contributed by atoms with Crippen molar-refractivity contribution >= 4 is 42.4 Å². The maximum Gasteiger partial charge on any atom is 0.237 e. The fourth-order valence-corrected chi connectivity index (χ4v) is 5.84. The molecule has 2 heterocycles. The zero-order chi connectivity index (χ0) is 24.8. The average molecular weight is 557 g/mol. The van der Waals surface area contributed by atoms with Crippen molar-refractivity contribution in [2.75, 3.05) is 20.1 Å². The molecule has 2 saturated heterocycles. The van der Waals surface area contributed by atoms with Crippen LogP contribution >= 0.6 is 24.8 Å². The Bertz CT molecular complexity index is 884. The minimum atomic E-state index is -0.609. The van der Waals surface area contributed by atoms with Gasteiger partial charge in [-0.1, -0.05) is 49.6 Å². The van der Waals surface area contributed by atoms with E-state index in [1.165, 1.54) is 6.42 Å². The fourth-order valence-electron chi connectivity index (χ4n) is 5.84. The summed E-state index contributed by atoms with van der Waals surface area (Å²) in [6.45, 7) is 3.73. The number of amides is 2. The van der Waals surface area contributed by atoms with Crippen molar-refractivity contribution in [3.8, 4) is 0 Å². The Balaban J connectivity index is 0.00000241. The highest BCUT2D eigenvalue weighted by Crippen LogP contribution is 2.31. The third-order valence-corrected chi connectivity index (χ3v) is 8.07. The number of rotatable bonds is 9. The van der Waals surface area contributed by atoms with E-state index < -0.39 is 18.0 Å². The maximum absolute atomic E-state index is 14.1. The van der Waals surface area contributed by atoms with Crippen molar-refractivity contribution < 1.29 is 14.4 Å². The number of benzene rings is 1. The van der Waals surface area contributed by atoms with Crippen molar-refractivity contribution in [3.63, 3.8) is 0 Å². The van der Waals surface area contributed by atoms with Crippen molar-refractivity contribution in [1.82, 2.24) is 26.2 Å². The topological polar surface area (TPSA) is 103 Å². The van der Waals surface area contributed by atoms with Crippen LogP contribution in [0.5, 0.6) is 0 Å². The number of carbonyl (C=O) groups excluding carboxylic acids is 3. The summed E-state index contributed by atoms with van der Waals surface area (Å²) >= 11 is 0. The molecule has 5 atom stereocenters. The highest BCUT2D eigenvalue weighted by molar-refractivity contribution is 5.97. The SMILES string of the molecule is CN[C@@H](C)C(=O)N[C@H](C(=O)C1N[C@H]2CCCN2C[C@H]1C(=O)NCc1ccccc1)C1CCCCC1.Cl.Cl. The third-order valence-electron chi connectivity index (χ3n) is 8.07. The summed E-state index contributed by atoms with van der Waals surface area (Å²) in [7, 11) is 1.74. The van der Waals surface area contributed by atoms with Crippen LogP contribution in [0.4, 0.5) is 0 Å². The third kappa shape index (κ3) is 7.90. The lowest BCUT2D eigenvalue weighted by Crippen LogP contribution is -2.67. The lowest BCUT2D eigenvalue weighted by Gasteiger charge is -2.42. The summed E-state index contributed by atoms with van der Waals surface area (Å²) in [4.78, 5) is 42.7. The minimum Gasteiger partial charge on any atom is -0.352 e. The van der Waals surface area contributed by atoms with Crippen LogP contribution < -0.4 is 21.3 Å². The molecule has 10 heteroatoms. The first kappa shape index (κ1) is 31.5. The predicted molar refractivity (Wildman–Crippen MR) is 150 cm³/mol. The molecule has 4 N–H and O–H groups in total. The Morgan fingerprint density at radius 2 is 1.73 bits per heavy atom. The van der Waals surface area contributed by atoms with Gasteiger partial charge in [0.05, 0.1) is 30.2 Å². The van der Waals surface area contributed by atoms with Crippen molar-refractivity contribution in [2.24, 2.45) is 11.8 Å². The van der Waals surface area contributed by atoms with Gasteiger partial charge in [-0.2, -0.15) is 0 Å². The molecule has 208 valence electrons. The van der Waals surface area contributed by atoms with Gasteiger partial charge in [0.1, 0.15) is 0 Å². The van der Waals surface area contributed by atoms with Crippen LogP contribution in [0.1, 0.15) is 57.4 Å². The number of nitrogens with one attached hydrogen (secondary N) is 4. The Kier molecular flexibility index (Phi) is 12.8. The van der Waals surface area contributed by atoms with Gasteiger partial charge in [-0.15, -0.1) is 24.8 Å². The van der Waals surface area contributed by atoms with Gasteiger partial charge in [0.2, 0.25) is 11.8 Å². The van der Waals surface area contributed by atoms with Crippen LogP contribution in [0.25, 0.3) is 0 Å². The Morgan fingerprint density at radius 1 is 1.03 bits per heavy atom.